The van der Waals surface area contributed by atoms with E-state index in [4.69, 9.17) is 23.2 Å². The lowest BCUT2D eigenvalue weighted by Gasteiger charge is -2.06. The first-order valence-corrected chi connectivity index (χ1v) is 8.71. The van der Waals surface area contributed by atoms with E-state index in [0.29, 0.717) is 45.1 Å². The fourth-order valence-corrected chi connectivity index (χ4v) is 3.12. The molecule has 0 radical (unpaired) electrons. The second kappa shape index (κ2) is 6.55. The summed E-state index contributed by atoms with van der Waals surface area (Å²) >= 11 is 11.9. The number of hydrogen-bond acceptors (Lipinski definition) is 4. The Morgan fingerprint density at radius 2 is 1.85 bits per heavy atom. The Kier molecular flexibility index (Phi) is 4.22. The molecule has 0 bridgehead atoms. The molecule has 130 valence electrons. The molecule has 3 heterocycles. The molecule has 0 aliphatic rings. The number of rotatable bonds is 3. The van der Waals surface area contributed by atoms with Gasteiger partial charge in [0.15, 0.2) is 11.2 Å². The van der Waals surface area contributed by atoms with Gasteiger partial charge in [0.2, 0.25) is 0 Å². The van der Waals surface area contributed by atoms with Crippen LogP contribution in [0.5, 0.6) is 0 Å². The minimum Gasteiger partial charge on any atom is -0.309 e. The van der Waals surface area contributed by atoms with Crippen molar-refractivity contribution >= 4 is 34.4 Å². The predicted octanol–water partition coefficient (Wildman–Crippen LogP) is 4.18. The molecule has 0 aliphatic heterocycles. The summed E-state index contributed by atoms with van der Waals surface area (Å²) in [7, 11) is 0. The summed E-state index contributed by atoms with van der Waals surface area (Å²) in [6, 6.07) is 10.7. The van der Waals surface area contributed by atoms with Crippen molar-refractivity contribution < 1.29 is 0 Å². The number of aromatic nitrogens is 5. The second-order valence-electron chi connectivity index (χ2n) is 5.64. The van der Waals surface area contributed by atoms with Crippen molar-refractivity contribution in [1.82, 2.24) is 24.5 Å². The fraction of sp³-hybridized carbons (Fsp3) is 0.111. The molecule has 6 nitrogen and oxygen atoms in total. The summed E-state index contributed by atoms with van der Waals surface area (Å²) in [6.07, 6.45) is 1.57. The number of hydrogen-bond donors (Lipinski definition) is 1. The van der Waals surface area contributed by atoms with Crippen LogP contribution in [0.3, 0.4) is 0 Å². The molecular weight excluding hydrogens is 373 g/mol. The minimum atomic E-state index is -0.305. The predicted molar refractivity (Wildman–Crippen MR) is 103 cm³/mol. The van der Waals surface area contributed by atoms with Crippen molar-refractivity contribution in [3.63, 3.8) is 0 Å². The van der Waals surface area contributed by atoms with E-state index in [1.54, 1.807) is 30.5 Å². The van der Waals surface area contributed by atoms with Crippen LogP contribution in [0.2, 0.25) is 10.2 Å². The molecule has 0 atom stereocenters. The number of imidazole rings is 1. The van der Waals surface area contributed by atoms with Gasteiger partial charge >= 0.3 is 0 Å². The van der Waals surface area contributed by atoms with Crippen LogP contribution in [0.4, 0.5) is 0 Å². The van der Waals surface area contributed by atoms with Crippen LogP contribution in [-0.4, -0.2) is 24.5 Å². The summed E-state index contributed by atoms with van der Waals surface area (Å²) in [5, 5.41) is 0.969. The van der Waals surface area contributed by atoms with Gasteiger partial charge in [0, 0.05) is 28.9 Å². The fourth-order valence-electron chi connectivity index (χ4n) is 2.82. The Labute approximate surface area is 158 Å². The molecule has 0 unspecified atom stereocenters. The van der Waals surface area contributed by atoms with Gasteiger partial charge in [-0.2, -0.15) is 0 Å². The van der Waals surface area contributed by atoms with E-state index in [0.717, 1.165) is 5.56 Å². The van der Waals surface area contributed by atoms with Gasteiger partial charge in [-0.1, -0.05) is 23.2 Å². The van der Waals surface area contributed by atoms with Gasteiger partial charge in [-0.3, -0.25) is 4.79 Å². The van der Waals surface area contributed by atoms with Crippen LogP contribution >= 0.6 is 23.2 Å². The molecule has 0 spiro atoms. The number of aromatic amines is 1. The Hall–Kier alpha value is -2.70. The van der Waals surface area contributed by atoms with Gasteiger partial charge in [0.05, 0.1) is 0 Å². The maximum atomic E-state index is 12.6. The molecule has 0 saturated carbocycles. The number of nitrogens with one attached hydrogen (secondary N) is 1. The number of nitrogens with zero attached hydrogens (tertiary/aromatic N) is 4. The summed E-state index contributed by atoms with van der Waals surface area (Å²) < 4.78 is 1.90. The van der Waals surface area contributed by atoms with E-state index in [9.17, 15) is 4.79 Å². The van der Waals surface area contributed by atoms with Crippen molar-refractivity contribution in [2.75, 3.05) is 0 Å². The number of benzene rings is 1. The van der Waals surface area contributed by atoms with E-state index in [-0.39, 0.29) is 5.56 Å². The molecule has 4 aromatic rings. The maximum absolute atomic E-state index is 12.6. The zero-order valence-corrected chi connectivity index (χ0v) is 15.2. The van der Waals surface area contributed by atoms with E-state index < -0.39 is 0 Å². The number of aryl methyl sites for hydroxylation is 1. The summed E-state index contributed by atoms with van der Waals surface area (Å²) in [5.41, 5.74) is 2.05. The monoisotopic (exact) mass is 385 g/mol. The normalized spacial score (nSPS) is 11.2. The molecule has 8 heteroatoms. The minimum absolute atomic E-state index is 0.292. The standard InChI is InChI=1S/C18H13Cl2N5O/c1-2-25-16(10-3-5-12(19)6-4-10)22-14-17(25)23-15(24-18(14)26)11-7-8-21-13(20)9-11/h3-9H,2H2,1H3,(H,23,24,26). The summed E-state index contributed by atoms with van der Waals surface area (Å²) in [6.45, 7) is 2.59. The average Bonchev–Trinajstić information content (AvgIpc) is 3.01. The van der Waals surface area contributed by atoms with Crippen molar-refractivity contribution in [1.29, 1.82) is 0 Å². The Morgan fingerprint density at radius 3 is 2.54 bits per heavy atom. The Morgan fingerprint density at radius 1 is 1.08 bits per heavy atom. The van der Waals surface area contributed by atoms with E-state index in [1.165, 1.54) is 0 Å². The third-order valence-electron chi connectivity index (χ3n) is 4.02. The lowest BCUT2D eigenvalue weighted by molar-refractivity contribution is 0.786. The van der Waals surface area contributed by atoms with Crippen LogP contribution < -0.4 is 5.56 Å². The lowest BCUT2D eigenvalue weighted by atomic mass is 10.2. The van der Waals surface area contributed by atoms with Crippen LogP contribution in [0.1, 0.15) is 6.92 Å². The first-order valence-electron chi connectivity index (χ1n) is 7.95. The molecule has 26 heavy (non-hydrogen) atoms. The van der Waals surface area contributed by atoms with Crippen LogP contribution in [0.15, 0.2) is 47.4 Å². The van der Waals surface area contributed by atoms with Crippen molar-refractivity contribution in [3.05, 3.63) is 63.1 Å². The third kappa shape index (κ3) is 2.87. The highest BCUT2D eigenvalue weighted by Crippen LogP contribution is 2.25. The first-order chi connectivity index (χ1) is 12.6. The highest BCUT2D eigenvalue weighted by atomic mass is 35.5. The van der Waals surface area contributed by atoms with E-state index in [1.807, 2.05) is 23.6 Å². The molecule has 1 N–H and O–H groups in total. The second-order valence-corrected chi connectivity index (χ2v) is 6.46. The van der Waals surface area contributed by atoms with Gasteiger partial charge in [-0.25, -0.2) is 15.0 Å². The number of fused-ring (bicyclic) bond motifs is 1. The highest BCUT2D eigenvalue weighted by molar-refractivity contribution is 6.30. The molecule has 0 fully saturated rings. The molecule has 1 aromatic carbocycles. The number of H-pyrrole nitrogens is 1. The molecule has 4 rings (SSSR count). The zero-order chi connectivity index (χ0) is 18.3. The largest absolute Gasteiger partial charge is 0.309 e. The molecule has 3 aromatic heterocycles. The van der Waals surface area contributed by atoms with Gasteiger partial charge in [-0.15, -0.1) is 0 Å². The van der Waals surface area contributed by atoms with Gasteiger partial charge in [0.1, 0.15) is 16.8 Å². The summed E-state index contributed by atoms with van der Waals surface area (Å²) in [4.78, 5) is 28.4. The number of halogens is 2. The van der Waals surface area contributed by atoms with Crippen LogP contribution in [-0.2, 0) is 6.54 Å². The molecule has 0 saturated heterocycles. The highest BCUT2D eigenvalue weighted by Gasteiger charge is 2.17. The quantitative estimate of drug-likeness (QED) is 0.536. The Balaban J connectivity index is 1.96. The lowest BCUT2D eigenvalue weighted by Crippen LogP contribution is -2.10. The van der Waals surface area contributed by atoms with E-state index in [2.05, 4.69) is 19.9 Å². The van der Waals surface area contributed by atoms with Crippen molar-refractivity contribution in [3.8, 4) is 22.8 Å². The SMILES string of the molecule is CCn1c(-c2ccc(Cl)cc2)nc2c(=O)[nH]c(-c3ccnc(Cl)c3)nc21. The van der Waals surface area contributed by atoms with Crippen molar-refractivity contribution in [2.24, 2.45) is 0 Å². The van der Waals surface area contributed by atoms with Gasteiger partial charge in [-0.05, 0) is 43.3 Å². The van der Waals surface area contributed by atoms with E-state index >= 15 is 0 Å². The first kappa shape index (κ1) is 16.8. The topological polar surface area (TPSA) is 76.5 Å². The van der Waals surface area contributed by atoms with Crippen LogP contribution in [0.25, 0.3) is 33.9 Å². The van der Waals surface area contributed by atoms with Crippen LogP contribution in [0, 0.1) is 0 Å². The molecule has 0 aliphatic carbocycles. The smallest absolute Gasteiger partial charge is 0.279 e. The maximum Gasteiger partial charge on any atom is 0.279 e. The van der Waals surface area contributed by atoms with Crippen molar-refractivity contribution in [2.45, 2.75) is 13.5 Å². The van der Waals surface area contributed by atoms with Gasteiger partial charge in [0.25, 0.3) is 5.56 Å². The third-order valence-corrected chi connectivity index (χ3v) is 4.48. The zero-order valence-electron chi connectivity index (χ0n) is 13.7. The molecular formula is C18H13Cl2N5O. The van der Waals surface area contributed by atoms with Gasteiger partial charge < -0.3 is 9.55 Å². The summed E-state index contributed by atoms with van der Waals surface area (Å²) in [5.74, 6) is 1.09. The number of pyridine rings is 1. The Bertz CT molecular complexity index is 1160. The average molecular weight is 386 g/mol. The molecule has 0 amide bonds.